The summed E-state index contributed by atoms with van der Waals surface area (Å²) in [7, 11) is 0. The fourth-order valence-electron chi connectivity index (χ4n) is 6.41. The maximum absolute atomic E-state index is 8.85. The largest absolute Gasteiger partial charge is 0.299 e. The molecular weight excluding hydrogens is 585 g/mol. The summed E-state index contributed by atoms with van der Waals surface area (Å²) < 4.78 is 47.0. The number of pyridine rings is 1. The number of fused-ring (bicyclic) bond motifs is 2. The van der Waals surface area contributed by atoms with Crippen molar-refractivity contribution in [1.29, 1.82) is 0 Å². The molecule has 0 amide bonds. The highest BCUT2D eigenvalue weighted by atomic mass is 15.1. The number of rotatable bonds is 6. The molecule has 0 saturated carbocycles. The molecule has 0 N–H and O–H groups in total. The Labute approximate surface area is 285 Å². The third-order valence-electron chi connectivity index (χ3n) is 8.62. The molecule has 4 nitrogen and oxygen atoms in total. The number of nitrogens with zero attached hydrogens (tertiary/aromatic N) is 4. The molecule has 0 unspecified atom stereocenters. The molecule has 0 radical (unpaired) electrons. The molecule has 226 valence electrons. The van der Waals surface area contributed by atoms with Crippen molar-refractivity contribution in [3.63, 3.8) is 0 Å². The molecule has 4 heteroatoms. The normalized spacial score (nSPS) is 12.8. The van der Waals surface area contributed by atoms with E-state index in [1.54, 1.807) is 0 Å². The third kappa shape index (κ3) is 4.88. The van der Waals surface area contributed by atoms with Crippen LogP contribution in [0.4, 0.5) is 0 Å². The molecule has 0 aliphatic carbocycles. The molecule has 0 atom stereocenters. The van der Waals surface area contributed by atoms with Gasteiger partial charge in [-0.25, -0.2) is 9.97 Å². The number of aromatic nitrogens is 4. The third-order valence-corrected chi connectivity index (χ3v) is 8.62. The van der Waals surface area contributed by atoms with Crippen molar-refractivity contribution in [3.8, 4) is 61.8 Å². The summed E-state index contributed by atoms with van der Waals surface area (Å²) in [5.74, 6) is 0.668. The minimum absolute atomic E-state index is 0.135. The van der Waals surface area contributed by atoms with Crippen molar-refractivity contribution >= 4 is 16.7 Å². The van der Waals surface area contributed by atoms with Crippen LogP contribution in [-0.2, 0) is 0 Å². The Bertz CT molecular complexity index is 2800. The Morgan fingerprint density at radius 3 is 1.92 bits per heavy atom. The number of hydrogen-bond donors (Lipinski definition) is 0. The van der Waals surface area contributed by atoms with Crippen LogP contribution in [0, 0.1) is 0 Å². The summed E-state index contributed by atoms with van der Waals surface area (Å²) in [6, 6.07) is 46.4. The molecule has 9 rings (SSSR count). The van der Waals surface area contributed by atoms with Gasteiger partial charge in [-0.1, -0.05) is 121 Å². The highest BCUT2D eigenvalue weighted by Crippen LogP contribution is 2.37. The standard InChI is InChI=1S/C44H30N4/c1-4-14-31(15-5-1)35-28-36(30-37(29-35)44-45-39-20-10-11-21-40(39)48(44)38-18-8-3-9-19-38)32-23-25-33(26-24-32)42-43(34-16-6-2-7-17-34)47-27-13-12-22-41(47)46-42/h1-30H/i1D,4D,5D,14D,15D. The van der Waals surface area contributed by atoms with Gasteiger partial charge in [0.15, 0.2) is 0 Å². The van der Waals surface area contributed by atoms with Crippen LogP contribution in [0.2, 0.25) is 0 Å². The van der Waals surface area contributed by atoms with Crippen molar-refractivity contribution in [3.05, 3.63) is 182 Å². The average Bonchev–Trinajstić information content (AvgIpc) is 3.80. The lowest BCUT2D eigenvalue weighted by molar-refractivity contribution is 1.10. The molecule has 3 aromatic heterocycles. The van der Waals surface area contributed by atoms with Crippen molar-refractivity contribution in [2.24, 2.45) is 0 Å². The molecule has 0 fully saturated rings. The summed E-state index contributed by atoms with van der Waals surface area (Å²) in [5.41, 5.74) is 10.4. The Balaban J connectivity index is 1.25. The minimum atomic E-state index is -0.427. The number of benzene rings is 6. The molecule has 0 aliphatic rings. The lowest BCUT2D eigenvalue weighted by atomic mass is 9.94. The maximum atomic E-state index is 8.85. The zero-order chi connectivity index (χ0) is 36.2. The second kappa shape index (κ2) is 11.7. The second-order valence-corrected chi connectivity index (χ2v) is 11.6. The minimum Gasteiger partial charge on any atom is -0.299 e. The second-order valence-electron chi connectivity index (χ2n) is 11.6. The molecule has 48 heavy (non-hydrogen) atoms. The van der Waals surface area contributed by atoms with Gasteiger partial charge < -0.3 is 0 Å². The van der Waals surface area contributed by atoms with E-state index >= 15 is 0 Å². The number of para-hydroxylation sites is 3. The summed E-state index contributed by atoms with van der Waals surface area (Å²) in [6.07, 6.45) is 2.03. The van der Waals surface area contributed by atoms with Crippen molar-refractivity contribution in [2.45, 2.75) is 0 Å². The van der Waals surface area contributed by atoms with Crippen molar-refractivity contribution < 1.29 is 6.85 Å². The Morgan fingerprint density at radius 2 is 1.12 bits per heavy atom. The monoisotopic (exact) mass is 619 g/mol. The van der Waals surface area contributed by atoms with E-state index < -0.39 is 6.04 Å². The Morgan fingerprint density at radius 1 is 0.479 bits per heavy atom. The fourth-order valence-corrected chi connectivity index (χ4v) is 6.41. The maximum Gasteiger partial charge on any atom is 0.145 e. The van der Waals surface area contributed by atoms with E-state index in [0.29, 0.717) is 11.4 Å². The van der Waals surface area contributed by atoms with E-state index in [4.69, 9.17) is 16.8 Å². The SMILES string of the molecule is [2H]c1c([2H])c([2H])c(-c2cc(-c3ccc(-c4nc5ccccn5c4-c4ccccc4)cc3)cc(-c3nc4ccccc4n3-c3ccccc3)c2)c([2H])c1[2H]. The summed E-state index contributed by atoms with van der Waals surface area (Å²) >= 11 is 0. The summed E-state index contributed by atoms with van der Waals surface area (Å²) in [6.45, 7) is 0. The first kappa shape index (κ1) is 22.9. The van der Waals surface area contributed by atoms with E-state index in [1.807, 2.05) is 121 Å². The lowest BCUT2D eigenvalue weighted by Gasteiger charge is -2.14. The van der Waals surface area contributed by atoms with Gasteiger partial charge in [0.05, 0.1) is 29.3 Å². The molecule has 9 aromatic rings. The molecule has 6 aromatic carbocycles. The van der Waals surface area contributed by atoms with Gasteiger partial charge in [0.1, 0.15) is 11.5 Å². The van der Waals surface area contributed by atoms with Gasteiger partial charge in [0.2, 0.25) is 0 Å². The predicted molar refractivity (Wildman–Crippen MR) is 197 cm³/mol. The van der Waals surface area contributed by atoms with Crippen LogP contribution in [0.15, 0.2) is 182 Å². The Hall–Kier alpha value is -6.52. The topological polar surface area (TPSA) is 35.1 Å². The molecule has 0 spiro atoms. The number of hydrogen-bond acceptors (Lipinski definition) is 2. The highest BCUT2D eigenvalue weighted by molar-refractivity contribution is 5.87. The van der Waals surface area contributed by atoms with Crippen LogP contribution in [0.5, 0.6) is 0 Å². The zero-order valence-electron chi connectivity index (χ0n) is 30.7. The lowest BCUT2D eigenvalue weighted by Crippen LogP contribution is -1.98. The first-order chi connectivity index (χ1) is 25.9. The van der Waals surface area contributed by atoms with Gasteiger partial charge in [-0.05, 0) is 76.9 Å². The summed E-state index contributed by atoms with van der Waals surface area (Å²) in [4.78, 5) is 10.1. The van der Waals surface area contributed by atoms with E-state index in [2.05, 4.69) is 39.3 Å². The van der Waals surface area contributed by atoms with Crippen LogP contribution >= 0.6 is 0 Å². The van der Waals surface area contributed by atoms with Crippen LogP contribution in [0.1, 0.15) is 6.85 Å². The van der Waals surface area contributed by atoms with Gasteiger partial charge in [0, 0.05) is 28.6 Å². The van der Waals surface area contributed by atoms with E-state index in [9.17, 15) is 0 Å². The van der Waals surface area contributed by atoms with Crippen LogP contribution < -0.4 is 0 Å². The quantitative estimate of drug-likeness (QED) is 0.186. The molecule has 0 saturated heterocycles. The zero-order valence-corrected chi connectivity index (χ0v) is 25.7. The molecule has 0 aliphatic heterocycles. The molecule has 0 bridgehead atoms. The van der Waals surface area contributed by atoms with Crippen LogP contribution in [-0.4, -0.2) is 18.9 Å². The predicted octanol–water partition coefficient (Wildman–Crippen LogP) is 11.0. The average molecular weight is 620 g/mol. The van der Waals surface area contributed by atoms with E-state index in [1.165, 1.54) is 0 Å². The van der Waals surface area contributed by atoms with Gasteiger partial charge in [-0.2, -0.15) is 0 Å². The van der Waals surface area contributed by atoms with Gasteiger partial charge in [-0.15, -0.1) is 0 Å². The van der Waals surface area contributed by atoms with Crippen molar-refractivity contribution in [1.82, 2.24) is 18.9 Å². The van der Waals surface area contributed by atoms with Crippen LogP contribution in [0.3, 0.4) is 0 Å². The van der Waals surface area contributed by atoms with E-state index in [-0.39, 0.29) is 29.7 Å². The highest BCUT2D eigenvalue weighted by Gasteiger charge is 2.18. The first-order valence-corrected chi connectivity index (χ1v) is 15.8. The molecule has 3 heterocycles. The number of imidazole rings is 2. The fraction of sp³-hybridized carbons (Fsp3) is 0. The van der Waals surface area contributed by atoms with Gasteiger partial charge in [0.25, 0.3) is 0 Å². The first-order valence-electron chi connectivity index (χ1n) is 18.3. The van der Waals surface area contributed by atoms with Gasteiger partial charge in [-0.3, -0.25) is 8.97 Å². The van der Waals surface area contributed by atoms with E-state index in [0.717, 1.165) is 61.6 Å². The molecular formula is C44H30N4. The van der Waals surface area contributed by atoms with Crippen LogP contribution in [0.25, 0.3) is 78.5 Å². The van der Waals surface area contributed by atoms with Crippen molar-refractivity contribution in [2.75, 3.05) is 0 Å². The smallest absolute Gasteiger partial charge is 0.145 e. The summed E-state index contributed by atoms with van der Waals surface area (Å²) in [5, 5.41) is 0. The Kier molecular flexibility index (Phi) is 5.58. The van der Waals surface area contributed by atoms with Gasteiger partial charge >= 0.3 is 0 Å².